The molecule has 11 heteroatoms. The first kappa shape index (κ1) is 28.2. The highest BCUT2D eigenvalue weighted by Gasteiger charge is 2.00. The third-order valence-corrected chi connectivity index (χ3v) is 4.19. The normalized spacial score (nSPS) is 10.2. The second kappa shape index (κ2) is 18.0. The highest BCUT2D eigenvalue weighted by molar-refractivity contribution is 5.21. The van der Waals surface area contributed by atoms with Gasteiger partial charge >= 0.3 is 0 Å². The van der Waals surface area contributed by atoms with Crippen LogP contribution in [0.4, 0.5) is 11.9 Å². The predicted octanol–water partition coefficient (Wildman–Crippen LogP) is 0.864. The van der Waals surface area contributed by atoms with Gasteiger partial charge in [0.1, 0.15) is 6.61 Å². The van der Waals surface area contributed by atoms with E-state index < -0.39 is 0 Å². The molecule has 0 atom stereocenters. The summed E-state index contributed by atoms with van der Waals surface area (Å²) in [5.74, 6) is 1.13. The Morgan fingerprint density at radius 2 is 1.19 bits per heavy atom. The smallest absolute Gasteiger partial charge is 0.220 e. The van der Waals surface area contributed by atoms with Crippen molar-refractivity contribution in [1.82, 2.24) is 29.7 Å². The Bertz CT molecular complexity index is 629. The summed E-state index contributed by atoms with van der Waals surface area (Å²) < 4.78 is 5.47. The average molecular weight is 439 g/mol. The molecule has 0 aliphatic carbocycles. The van der Waals surface area contributed by atoms with Crippen molar-refractivity contribution in [2.45, 2.75) is 27.7 Å². The Hall–Kier alpha value is -2.76. The van der Waals surface area contributed by atoms with Crippen molar-refractivity contribution < 1.29 is 14.9 Å². The van der Waals surface area contributed by atoms with Crippen LogP contribution in [0.5, 0.6) is 11.5 Å². The highest BCUT2D eigenvalue weighted by Crippen LogP contribution is 2.06. The number of hydrogen-bond donors (Lipinski definition) is 4. The van der Waals surface area contributed by atoms with Gasteiger partial charge in [0.15, 0.2) is 11.5 Å². The quantitative estimate of drug-likeness (QED) is 0.416. The zero-order chi connectivity index (χ0) is 23.5. The molecule has 2 rings (SSSR count). The Morgan fingerprint density at radius 1 is 0.774 bits per heavy atom. The van der Waals surface area contributed by atoms with Gasteiger partial charge in [-0.2, -0.15) is 0 Å². The van der Waals surface area contributed by atoms with Gasteiger partial charge in [-0.05, 0) is 26.2 Å². The molecular formula is C20H38N8O3. The number of ether oxygens (including phenoxy) is 1. The molecule has 31 heavy (non-hydrogen) atoms. The van der Waals surface area contributed by atoms with E-state index in [4.69, 9.17) is 26.4 Å². The first-order valence-corrected chi connectivity index (χ1v) is 10.4. The van der Waals surface area contributed by atoms with Crippen molar-refractivity contribution in [3.63, 3.8) is 0 Å². The molecule has 11 nitrogen and oxygen atoms in total. The molecule has 0 radical (unpaired) electrons. The fourth-order valence-corrected chi connectivity index (χ4v) is 2.25. The summed E-state index contributed by atoms with van der Waals surface area (Å²) in [7, 11) is 0. The number of aromatic nitrogens is 4. The van der Waals surface area contributed by atoms with Gasteiger partial charge < -0.3 is 36.2 Å². The predicted molar refractivity (Wildman–Crippen MR) is 123 cm³/mol. The number of hydrogen-bond acceptors (Lipinski definition) is 11. The van der Waals surface area contributed by atoms with Crippen LogP contribution in [0.2, 0.25) is 0 Å². The summed E-state index contributed by atoms with van der Waals surface area (Å²) in [5.41, 5.74) is 10.5. The zero-order valence-corrected chi connectivity index (χ0v) is 19.1. The maximum atomic E-state index is 8.58. The van der Waals surface area contributed by atoms with Crippen molar-refractivity contribution in [2.24, 2.45) is 0 Å². The Kier molecular flexibility index (Phi) is 16.4. The molecule has 0 amide bonds. The number of anilines is 2. The second-order valence-electron chi connectivity index (χ2n) is 6.20. The number of aliphatic hydroxyl groups is 1. The van der Waals surface area contributed by atoms with Crippen LogP contribution in [0.15, 0.2) is 24.8 Å². The molecule has 0 aliphatic heterocycles. The number of nitrogen functional groups attached to an aromatic ring is 2. The van der Waals surface area contributed by atoms with Gasteiger partial charge in [-0.3, -0.25) is 0 Å². The molecule has 0 fully saturated rings. The fourth-order valence-electron chi connectivity index (χ4n) is 2.25. The van der Waals surface area contributed by atoms with E-state index in [0.29, 0.717) is 12.4 Å². The average Bonchev–Trinajstić information content (AvgIpc) is 2.79. The molecule has 0 saturated heterocycles. The number of nitrogens with zero attached hydrogens (tertiary/aromatic N) is 6. The second-order valence-corrected chi connectivity index (χ2v) is 6.20. The minimum atomic E-state index is 0.0270. The van der Waals surface area contributed by atoms with E-state index in [2.05, 4.69) is 57.4 Å². The molecule has 0 spiro atoms. The van der Waals surface area contributed by atoms with E-state index in [9.17, 15) is 0 Å². The Balaban J connectivity index is 0.000000477. The third kappa shape index (κ3) is 14.8. The molecule has 0 unspecified atom stereocenters. The van der Waals surface area contributed by atoms with Crippen LogP contribution in [0.3, 0.4) is 0 Å². The van der Waals surface area contributed by atoms with Crippen molar-refractivity contribution >= 4 is 11.9 Å². The lowest BCUT2D eigenvalue weighted by molar-refractivity contribution is 0.208. The van der Waals surface area contributed by atoms with Crippen LogP contribution in [0.25, 0.3) is 0 Å². The lowest BCUT2D eigenvalue weighted by atomic mass is 10.5. The molecule has 2 heterocycles. The van der Waals surface area contributed by atoms with Gasteiger partial charge in [-0.1, -0.05) is 27.7 Å². The highest BCUT2D eigenvalue weighted by atomic mass is 16.5. The van der Waals surface area contributed by atoms with Gasteiger partial charge in [0.25, 0.3) is 0 Å². The van der Waals surface area contributed by atoms with E-state index in [1.165, 1.54) is 12.4 Å². The van der Waals surface area contributed by atoms with Crippen LogP contribution in [0.1, 0.15) is 27.7 Å². The molecule has 176 valence electrons. The largest absolute Gasteiger partial charge is 0.505 e. The Morgan fingerprint density at radius 3 is 1.55 bits per heavy atom. The van der Waals surface area contributed by atoms with E-state index in [1.807, 2.05) is 0 Å². The molecule has 0 aliphatic rings. The lowest BCUT2D eigenvalue weighted by Crippen LogP contribution is -2.27. The van der Waals surface area contributed by atoms with Crippen LogP contribution in [-0.2, 0) is 0 Å². The molecule has 0 saturated carbocycles. The summed E-state index contributed by atoms with van der Waals surface area (Å²) in [6.07, 6.45) is 5.65. The number of rotatable bonds is 10. The SMILES string of the molecule is CCN(CC)CCO.CCN(CC)CCOc1cnc(N)nc1.Nc1ncc(O)cn1. The number of nitrogens with two attached hydrogens (primary N) is 2. The minimum absolute atomic E-state index is 0.0270. The number of aliphatic hydroxyl groups excluding tert-OH is 1. The summed E-state index contributed by atoms with van der Waals surface area (Å²) in [4.78, 5) is 19.2. The van der Waals surface area contributed by atoms with Crippen LogP contribution in [-0.4, -0.2) is 92.4 Å². The van der Waals surface area contributed by atoms with E-state index in [-0.39, 0.29) is 24.3 Å². The van der Waals surface area contributed by atoms with Gasteiger partial charge in [0.2, 0.25) is 11.9 Å². The van der Waals surface area contributed by atoms with E-state index in [0.717, 1.165) is 39.3 Å². The summed E-state index contributed by atoms with van der Waals surface area (Å²) in [5, 5.41) is 17.0. The monoisotopic (exact) mass is 438 g/mol. The van der Waals surface area contributed by atoms with Gasteiger partial charge in [0.05, 0.1) is 31.4 Å². The van der Waals surface area contributed by atoms with Crippen molar-refractivity contribution in [2.75, 3.05) is 63.9 Å². The first-order chi connectivity index (χ1) is 14.9. The molecular weight excluding hydrogens is 400 g/mol. The molecule has 6 N–H and O–H groups in total. The van der Waals surface area contributed by atoms with E-state index in [1.54, 1.807) is 12.4 Å². The fraction of sp³-hybridized carbons (Fsp3) is 0.600. The molecule has 0 aromatic carbocycles. The van der Waals surface area contributed by atoms with Gasteiger partial charge in [0, 0.05) is 13.1 Å². The summed E-state index contributed by atoms with van der Waals surface area (Å²) >= 11 is 0. The van der Waals surface area contributed by atoms with Crippen molar-refractivity contribution in [3.8, 4) is 11.5 Å². The molecule has 2 aromatic heterocycles. The third-order valence-electron chi connectivity index (χ3n) is 4.19. The van der Waals surface area contributed by atoms with Crippen LogP contribution >= 0.6 is 0 Å². The summed E-state index contributed by atoms with van der Waals surface area (Å²) in [6, 6.07) is 0. The van der Waals surface area contributed by atoms with Crippen LogP contribution < -0.4 is 16.2 Å². The van der Waals surface area contributed by atoms with Gasteiger partial charge in [-0.15, -0.1) is 0 Å². The van der Waals surface area contributed by atoms with Gasteiger partial charge in [-0.25, -0.2) is 19.9 Å². The molecule has 2 aromatic rings. The first-order valence-electron chi connectivity index (χ1n) is 10.4. The maximum absolute atomic E-state index is 8.58. The topological polar surface area (TPSA) is 160 Å². The van der Waals surface area contributed by atoms with E-state index >= 15 is 0 Å². The number of aromatic hydroxyl groups is 1. The number of likely N-dealkylation sites (N-methyl/N-ethyl adjacent to an activating group) is 2. The zero-order valence-electron chi connectivity index (χ0n) is 19.1. The summed E-state index contributed by atoms with van der Waals surface area (Å²) in [6.45, 7) is 15.3. The maximum Gasteiger partial charge on any atom is 0.220 e. The minimum Gasteiger partial charge on any atom is -0.505 e. The van der Waals surface area contributed by atoms with Crippen molar-refractivity contribution in [1.29, 1.82) is 0 Å². The standard InChI is InChI=1S/C10H18N4O.C6H15NO.C4H5N3O/c1-3-14(4-2)5-6-15-9-7-12-10(11)13-8-9;1-3-7(4-2)5-6-8;5-4-6-1-3(8)2-7-4/h7-8H,3-6H2,1-2H3,(H2,11,12,13);8H,3-6H2,1-2H3;1-2,8H,(H2,5,6,7). The Labute approximate surface area is 185 Å². The van der Waals surface area contributed by atoms with Crippen LogP contribution in [0, 0.1) is 0 Å². The molecule has 0 bridgehead atoms. The lowest BCUT2D eigenvalue weighted by Gasteiger charge is -2.17. The van der Waals surface area contributed by atoms with Crippen molar-refractivity contribution in [3.05, 3.63) is 24.8 Å².